The lowest BCUT2D eigenvalue weighted by Crippen LogP contribution is -1.77. The number of benzene rings is 2. The van der Waals surface area contributed by atoms with E-state index in [9.17, 15) is 0 Å². The molecule has 0 saturated heterocycles. The summed E-state index contributed by atoms with van der Waals surface area (Å²) in [4.78, 5) is 0. The van der Waals surface area contributed by atoms with Crippen molar-refractivity contribution in [1.29, 1.82) is 0 Å². The highest BCUT2D eigenvalue weighted by Crippen LogP contribution is 2.35. The van der Waals surface area contributed by atoms with Crippen LogP contribution in [-0.4, -0.2) is 0 Å². The summed E-state index contributed by atoms with van der Waals surface area (Å²) in [5.74, 6) is 0. The number of fused-ring (bicyclic) bond motifs is 3. The Labute approximate surface area is 147 Å². The van der Waals surface area contributed by atoms with Gasteiger partial charge in [-0.05, 0) is 28.7 Å². The lowest BCUT2D eigenvalue weighted by Gasteiger charge is -1.98. The maximum Gasteiger partial charge on any atom is -0.00135 e. The van der Waals surface area contributed by atoms with E-state index in [-0.39, 0.29) is 0 Å². The van der Waals surface area contributed by atoms with Crippen LogP contribution in [0.5, 0.6) is 0 Å². The highest BCUT2D eigenvalue weighted by atomic mass is 14.2. The minimum atomic E-state index is 1.10. The summed E-state index contributed by atoms with van der Waals surface area (Å²) >= 11 is 0. The van der Waals surface area contributed by atoms with Gasteiger partial charge in [-0.2, -0.15) is 0 Å². The average Bonchev–Trinajstić information content (AvgIpc) is 3.08. The van der Waals surface area contributed by atoms with Crippen molar-refractivity contribution < 1.29 is 0 Å². The first-order valence-corrected chi connectivity index (χ1v) is 9.61. The highest BCUT2D eigenvalue weighted by molar-refractivity contribution is 5.76. The van der Waals surface area contributed by atoms with E-state index >= 15 is 0 Å². The predicted molar refractivity (Wildman–Crippen MR) is 111 cm³/mol. The van der Waals surface area contributed by atoms with Gasteiger partial charge in [-0.3, -0.25) is 0 Å². The fraction of sp³-hybridized carbons (Fsp3) is 0.478. The first-order valence-electron chi connectivity index (χ1n) is 9.61. The molecule has 0 spiro atoms. The Morgan fingerprint density at radius 1 is 0.435 bits per heavy atom. The molecule has 0 fully saturated rings. The molecule has 2 aromatic carbocycles. The molecule has 0 unspecified atom stereocenters. The zero-order valence-corrected chi connectivity index (χ0v) is 17.3. The molecule has 0 nitrogen and oxygen atoms in total. The first kappa shape index (κ1) is 26.3. The van der Waals surface area contributed by atoms with Crippen molar-refractivity contribution in [2.24, 2.45) is 0 Å². The van der Waals surface area contributed by atoms with Crippen LogP contribution in [0.15, 0.2) is 48.5 Å². The van der Waals surface area contributed by atoms with Gasteiger partial charge in [0.15, 0.2) is 0 Å². The van der Waals surface area contributed by atoms with Gasteiger partial charge < -0.3 is 0 Å². The van der Waals surface area contributed by atoms with E-state index < -0.39 is 0 Å². The van der Waals surface area contributed by atoms with Crippen LogP contribution in [0.2, 0.25) is 0 Å². The second-order valence-corrected chi connectivity index (χ2v) is 3.49. The van der Waals surface area contributed by atoms with E-state index in [1.807, 2.05) is 69.2 Å². The van der Waals surface area contributed by atoms with Crippen molar-refractivity contribution in [2.75, 3.05) is 0 Å². The Morgan fingerprint density at radius 3 is 1.00 bits per heavy atom. The summed E-state index contributed by atoms with van der Waals surface area (Å²) in [7, 11) is 0. The monoisotopic (exact) mass is 316 g/mol. The first-order chi connectivity index (χ1) is 11.4. The van der Waals surface area contributed by atoms with Gasteiger partial charge in [0.05, 0.1) is 0 Å². The minimum Gasteiger partial charge on any atom is -0.0683 e. The van der Waals surface area contributed by atoms with E-state index in [2.05, 4.69) is 48.5 Å². The number of hydrogen-bond acceptors (Lipinski definition) is 0. The van der Waals surface area contributed by atoms with E-state index in [0.717, 1.165) is 6.42 Å². The fourth-order valence-corrected chi connectivity index (χ4v) is 2.08. The second kappa shape index (κ2) is 20.4. The molecule has 23 heavy (non-hydrogen) atoms. The van der Waals surface area contributed by atoms with Gasteiger partial charge >= 0.3 is 0 Å². The SMILES string of the molecule is CC.CC.CC.CC.CC.c1ccc2c(c1)Cc1ccccc1-2. The molecule has 1 aliphatic rings. The van der Waals surface area contributed by atoms with E-state index in [4.69, 9.17) is 0 Å². The quantitative estimate of drug-likeness (QED) is 0.390. The Morgan fingerprint density at radius 2 is 0.696 bits per heavy atom. The van der Waals surface area contributed by atoms with Crippen molar-refractivity contribution in [1.82, 2.24) is 0 Å². The van der Waals surface area contributed by atoms with Gasteiger partial charge in [-0.25, -0.2) is 0 Å². The zero-order chi connectivity index (χ0) is 18.7. The van der Waals surface area contributed by atoms with Gasteiger partial charge in [0.1, 0.15) is 0 Å². The van der Waals surface area contributed by atoms with Crippen LogP contribution in [0.1, 0.15) is 80.4 Å². The lowest BCUT2D eigenvalue weighted by atomic mass is 10.1. The van der Waals surface area contributed by atoms with Crippen LogP contribution in [-0.2, 0) is 6.42 Å². The predicted octanol–water partition coefficient (Wildman–Crippen LogP) is 8.39. The Bertz CT molecular complexity index is 412. The topological polar surface area (TPSA) is 0 Å². The Balaban J connectivity index is -0.000000348. The third kappa shape index (κ3) is 8.59. The fourth-order valence-electron chi connectivity index (χ4n) is 2.08. The molecule has 132 valence electrons. The largest absolute Gasteiger partial charge is 0.0683 e. The summed E-state index contributed by atoms with van der Waals surface area (Å²) in [6, 6.07) is 17.3. The Hall–Kier alpha value is -1.56. The molecule has 0 atom stereocenters. The molecule has 0 bridgehead atoms. The van der Waals surface area contributed by atoms with Crippen LogP contribution < -0.4 is 0 Å². The second-order valence-electron chi connectivity index (χ2n) is 3.49. The van der Waals surface area contributed by atoms with E-state index in [0.29, 0.717) is 0 Å². The van der Waals surface area contributed by atoms with Crippen LogP contribution in [0.4, 0.5) is 0 Å². The lowest BCUT2D eigenvalue weighted by molar-refractivity contribution is 1.26. The van der Waals surface area contributed by atoms with E-state index in [1.54, 1.807) is 0 Å². The highest BCUT2D eigenvalue weighted by Gasteiger charge is 2.15. The molecule has 0 radical (unpaired) electrons. The summed E-state index contributed by atoms with van der Waals surface area (Å²) in [6.07, 6.45) is 1.10. The van der Waals surface area contributed by atoms with Gasteiger partial charge in [0.2, 0.25) is 0 Å². The zero-order valence-electron chi connectivity index (χ0n) is 17.3. The van der Waals surface area contributed by atoms with Gasteiger partial charge in [-0.1, -0.05) is 118 Å². The molecule has 3 rings (SSSR count). The molecule has 0 N–H and O–H groups in total. The van der Waals surface area contributed by atoms with Gasteiger partial charge in [-0.15, -0.1) is 0 Å². The maximum absolute atomic E-state index is 2.22. The van der Waals surface area contributed by atoms with Crippen molar-refractivity contribution in [3.05, 3.63) is 59.7 Å². The summed E-state index contributed by atoms with van der Waals surface area (Å²) in [5, 5.41) is 0. The standard InChI is InChI=1S/C13H10.5C2H6/c1-3-7-12-10(5-1)9-11-6-2-4-8-13(11)12;5*1-2/h1-8H,9H2;5*1-2H3. The smallest absolute Gasteiger partial charge is 0.00135 e. The van der Waals surface area contributed by atoms with Crippen molar-refractivity contribution in [3.8, 4) is 11.1 Å². The summed E-state index contributed by atoms with van der Waals surface area (Å²) in [6.45, 7) is 20.0. The van der Waals surface area contributed by atoms with Crippen molar-refractivity contribution >= 4 is 0 Å². The number of hydrogen-bond donors (Lipinski definition) is 0. The normalized spacial score (nSPS) is 8.26. The van der Waals surface area contributed by atoms with Crippen LogP contribution in [0, 0.1) is 0 Å². The summed E-state index contributed by atoms with van der Waals surface area (Å²) < 4.78 is 0. The molecule has 2 aromatic rings. The van der Waals surface area contributed by atoms with Crippen LogP contribution >= 0.6 is 0 Å². The summed E-state index contributed by atoms with van der Waals surface area (Å²) in [5.41, 5.74) is 5.75. The molecular weight excluding hydrogens is 276 g/mol. The molecule has 0 heterocycles. The van der Waals surface area contributed by atoms with Crippen molar-refractivity contribution in [2.45, 2.75) is 75.7 Å². The molecule has 0 saturated carbocycles. The molecule has 0 heteroatoms. The third-order valence-corrected chi connectivity index (χ3v) is 2.71. The number of rotatable bonds is 0. The third-order valence-electron chi connectivity index (χ3n) is 2.71. The Kier molecular flexibility index (Phi) is 23.4. The van der Waals surface area contributed by atoms with Crippen molar-refractivity contribution in [3.63, 3.8) is 0 Å². The molecule has 0 aromatic heterocycles. The molecular formula is C23H40. The maximum atomic E-state index is 2.22. The van der Waals surface area contributed by atoms with Crippen LogP contribution in [0.3, 0.4) is 0 Å². The average molecular weight is 317 g/mol. The van der Waals surface area contributed by atoms with Gasteiger partial charge in [0, 0.05) is 0 Å². The van der Waals surface area contributed by atoms with Crippen LogP contribution in [0.25, 0.3) is 11.1 Å². The molecule has 1 aliphatic carbocycles. The van der Waals surface area contributed by atoms with E-state index in [1.165, 1.54) is 22.3 Å². The van der Waals surface area contributed by atoms with Gasteiger partial charge in [0.25, 0.3) is 0 Å². The molecule has 0 amide bonds. The minimum absolute atomic E-state index is 1.10. The molecule has 0 aliphatic heterocycles.